The van der Waals surface area contributed by atoms with Gasteiger partial charge in [-0.1, -0.05) is 30.3 Å². The fourth-order valence-corrected chi connectivity index (χ4v) is 2.80. The average Bonchev–Trinajstić information content (AvgIpc) is 2.94. The van der Waals surface area contributed by atoms with Gasteiger partial charge in [-0.25, -0.2) is 4.68 Å². The van der Waals surface area contributed by atoms with E-state index in [-0.39, 0.29) is 17.1 Å². The first kappa shape index (κ1) is 18.5. The molecule has 3 aromatic rings. The predicted octanol–water partition coefficient (Wildman–Crippen LogP) is 4.99. The summed E-state index contributed by atoms with van der Waals surface area (Å²) in [6.45, 7) is 0.863. The van der Waals surface area contributed by atoms with E-state index in [4.69, 9.17) is 0 Å². The van der Waals surface area contributed by atoms with Gasteiger partial charge in [-0.15, -0.1) is 0 Å². The lowest BCUT2D eigenvalue weighted by atomic mass is 10.1. The highest BCUT2D eigenvalue weighted by atomic mass is 19.3. The number of carbonyl (C=O) groups is 1. The molecule has 0 saturated heterocycles. The van der Waals surface area contributed by atoms with Crippen molar-refractivity contribution in [1.29, 1.82) is 0 Å². The van der Waals surface area contributed by atoms with Gasteiger partial charge in [0.1, 0.15) is 5.75 Å². The number of aryl methyl sites for hydroxylation is 1. The van der Waals surface area contributed by atoms with Crippen molar-refractivity contribution < 1.29 is 18.3 Å². The van der Waals surface area contributed by atoms with E-state index < -0.39 is 6.61 Å². The number of alkyl halides is 2. The highest BCUT2D eigenvalue weighted by Gasteiger charge is 2.12. The average molecular weight is 368 g/mol. The summed E-state index contributed by atoms with van der Waals surface area (Å²) in [5.74, 6) is -0.352. The Morgan fingerprint density at radius 1 is 1.11 bits per heavy atom. The molecular formula is C21H18F2N2O2. The molecule has 0 aliphatic rings. The number of para-hydroxylation sites is 1. The monoisotopic (exact) mass is 368 g/mol. The molecule has 4 nitrogen and oxygen atoms in total. The fraction of sp³-hybridized carbons (Fsp3) is 0.143. The Bertz CT molecular complexity index is 979. The molecule has 0 N–H and O–H groups in total. The Hall–Kier alpha value is -3.28. The Morgan fingerprint density at radius 3 is 2.56 bits per heavy atom. The third-order valence-electron chi connectivity index (χ3n) is 4.09. The lowest BCUT2D eigenvalue weighted by Gasteiger charge is -2.05. The summed E-state index contributed by atoms with van der Waals surface area (Å²) in [7, 11) is 0. The molecule has 3 rings (SSSR count). The SMILES string of the molecule is Cc1nn(-c2ccccc2)c(C)c1/C=C/C(=O)c1cccc(OC(F)F)c1. The van der Waals surface area contributed by atoms with E-state index >= 15 is 0 Å². The van der Waals surface area contributed by atoms with E-state index in [2.05, 4.69) is 9.84 Å². The van der Waals surface area contributed by atoms with Crippen LogP contribution in [0.15, 0.2) is 60.7 Å². The van der Waals surface area contributed by atoms with Crippen LogP contribution < -0.4 is 4.74 Å². The first-order valence-electron chi connectivity index (χ1n) is 8.34. The minimum atomic E-state index is -2.93. The largest absolute Gasteiger partial charge is 0.435 e. The molecule has 0 bridgehead atoms. The maximum absolute atomic E-state index is 12.4. The molecule has 138 valence electrons. The van der Waals surface area contributed by atoms with E-state index in [1.807, 2.05) is 48.9 Å². The number of rotatable bonds is 6. The number of ketones is 1. The predicted molar refractivity (Wildman–Crippen MR) is 99.5 cm³/mol. The highest BCUT2D eigenvalue weighted by molar-refractivity contribution is 6.07. The maximum Gasteiger partial charge on any atom is 0.387 e. The van der Waals surface area contributed by atoms with E-state index in [0.29, 0.717) is 0 Å². The molecule has 0 unspecified atom stereocenters. The molecule has 0 amide bonds. The summed E-state index contributed by atoms with van der Waals surface area (Å²) in [6, 6.07) is 15.4. The van der Waals surface area contributed by atoms with Crippen LogP contribution in [-0.4, -0.2) is 22.2 Å². The van der Waals surface area contributed by atoms with Crippen LogP contribution in [-0.2, 0) is 0 Å². The molecule has 27 heavy (non-hydrogen) atoms. The smallest absolute Gasteiger partial charge is 0.387 e. The highest BCUT2D eigenvalue weighted by Crippen LogP contribution is 2.20. The number of allylic oxidation sites excluding steroid dienone is 1. The van der Waals surface area contributed by atoms with E-state index in [1.54, 1.807) is 12.1 Å². The van der Waals surface area contributed by atoms with Gasteiger partial charge >= 0.3 is 6.61 Å². The van der Waals surface area contributed by atoms with E-state index in [0.717, 1.165) is 22.6 Å². The number of carbonyl (C=O) groups excluding carboxylic acids is 1. The maximum atomic E-state index is 12.4. The van der Waals surface area contributed by atoms with Crippen molar-refractivity contribution in [2.45, 2.75) is 20.5 Å². The number of benzene rings is 2. The normalized spacial score (nSPS) is 11.3. The van der Waals surface area contributed by atoms with Crippen LogP contribution >= 0.6 is 0 Å². The fourth-order valence-electron chi connectivity index (χ4n) is 2.80. The molecule has 0 radical (unpaired) electrons. The minimum Gasteiger partial charge on any atom is -0.435 e. The van der Waals surface area contributed by atoms with Gasteiger partial charge in [0.25, 0.3) is 0 Å². The molecule has 0 fully saturated rings. The lowest BCUT2D eigenvalue weighted by Crippen LogP contribution is -2.03. The van der Waals surface area contributed by atoms with Crippen molar-refractivity contribution >= 4 is 11.9 Å². The molecule has 0 aliphatic heterocycles. The van der Waals surface area contributed by atoms with Gasteiger partial charge in [0.15, 0.2) is 5.78 Å². The molecule has 6 heteroatoms. The van der Waals surface area contributed by atoms with Crippen LogP contribution in [0.3, 0.4) is 0 Å². The second-order valence-electron chi connectivity index (χ2n) is 5.94. The van der Waals surface area contributed by atoms with Crippen molar-refractivity contribution in [3.8, 4) is 11.4 Å². The molecule has 1 heterocycles. The molecule has 0 aliphatic carbocycles. The quantitative estimate of drug-likeness (QED) is 0.455. The summed E-state index contributed by atoms with van der Waals surface area (Å²) in [4.78, 5) is 12.4. The Kier molecular flexibility index (Phi) is 5.45. The van der Waals surface area contributed by atoms with Gasteiger partial charge in [0.05, 0.1) is 11.4 Å². The van der Waals surface area contributed by atoms with Crippen molar-refractivity contribution in [2.75, 3.05) is 0 Å². The summed E-state index contributed by atoms with van der Waals surface area (Å²) < 4.78 is 30.8. The molecule has 0 saturated carbocycles. The Balaban J connectivity index is 1.84. The Labute approximate surface area is 155 Å². The molecule has 0 atom stereocenters. The van der Waals surface area contributed by atoms with Gasteiger partial charge in [-0.3, -0.25) is 4.79 Å². The van der Waals surface area contributed by atoms with Gasteiger partial charge in [-0.05, 0) is 50.3 Å². The van der Waals surface area contributed by atoms with Gasteiger partial charge in [-0.2, -0.15) is 13.9 Å². The summed E-state index contributed by atoms with van der Waals surface area (Å²) in [5, 5.41) is 4.53. The van der Waals surface area contributed by atoms with Crippen LogP contribution in [0.25, 0.3) is 11.8 Å². The molecule has 2 aromatic carbocycles. The number of halogens is 2. The number of nitrogens with zero attached hydrogens (tertiary/aromatic N) is 2. The van der Waals surface area contributed by atoms with Crippen molar-refractivity contribution in [2.24, 2.45) is 0 Å². The lowest BCUT2D eigenvalue weighted by molar-refractivity contribution is -0.0498. The summed E-state index contributed by atoms with van der Waals surface area (Å²) in [5.41, 5.74) is 3.73. The zero-order chi connectivity index (χ0) is 19.4. The van der Waals surface area contributed by atoms with Gasteiger partial charge in [0.2, 0.25) is 0 Å². The third-order valence-corrected chi connectivity index (χ3v) is 4.09. The summed E-state index contributed by atoms with van der Waals surface area (Å²) >= 11 is 0. The van der Waals surface area contributed by atoms with Crippen LogP contribution in [0, 0.1) is 13.8 Å². The second-order valence-corrected chi connectivity index (χ2v) is 5.94. The topological polar surface area (TPSA) is 44.1 Å². The zero-order valence-corrected chi connectivity index (χ0v) is 14.9. The van der Waals surface area contributed by atoms with Crippen molar-refractivity contribution in [3.63, 3.8) is 0 Å². The third kappa shape index (κ3) is 4.28. The standard InChI is InChI=1S/C21H18F2N2O2/c1-14-19(15(2)25(24-14)17-8-4-3-5-9-17)11-12-20(26)16-7-6-10-18(13-16)27-21(22)23/h3-13,21H,1-2H3/b12-11+. The molecule has 0 spiro atoms. The minimum absolute atomic E-state index is 0.0477. The van der Waals surface area contributed by atoms with Crippen LogP contribution in [0.5, 0.6) is 5.75 Å². The number of hydrogen-bond donors (Lipinski definition) is 0. The summed E-state index contributed by atoms with van der Waals surface area (Å²) in [6.07, 6.45) is 3.11. The molecule has 1 aromatic heterocycles. The van der Waals surface area contributed by atoms with Crippen molar-refractivity contribution in [1.82, 2.24) is 9.78 Å². The first-order chi connectivity index (χ1) is 13.0. The zero-order valence-electron chi connectivity index (χ0n) is 14.9. The Morgan fingerprint density at radius 2 is 1.85 bits per heavy atom. The van der Waals surface area contributed by atoms with Crippen molar-refractivity contribution in [3.05, 3.63) is 83.2 Å². The number of aromatic nitrogens is 2. The van der Waals surface area contributed by atoms with Crippen LogP contribution in [0.1, 0.15) is 27.3 Å². The van der Waals surface area contributed by atoms with E-state index in [9.17, 15) is 13.6 Å². The van der Waals surface area contributed by atoms with Crippen LogP contribution in [0.2, 0.25) is 0 Å². The molecular weight excluding hydrogens is 350 g/mol. The van der Waals surface area contributed by atoms with Crippen LogP contribution in [0.4, 0.5) is 8.78 Å². The first-order valence-corrected chi connectivity index (χ1v) is 8.34. The number of ether oxygens (including phenoxy) is 1. The van der Waals surface area contributed by atoms with Gasteiger partial charge < -0.3 is 4.74 Å². The second kappa shape index (κ2) is 7.95. The van der Waals surface area contributed by atoms with Gasteiger partial charge in [0, 0.05) is 16.8 Å². The number of hydrogen-bond acceptors (Lipinski definition) is 3. The van der Waals surface area contributed by atoms with E-state index in [1.165, 1.54) is 24.3 Å².